The smallest absolute Gasteiger partial charge is 0.241 e. The summed E-state index contributed by atoms with van der Waals surface area (Å²) in [7, 11) is 1.81. The molecule has 1 aliphatic heterocycles. The molecule has 18 heavy (non-hydrogen) atoms. The Morgan fingerprint density at radius 1 is 1.44 bits per heavy atom. The highest BCUT2D eigenvalue weighted by Crippen LogP contribution is 2.41. The standard InChI is InChI=1S/C14H20N2OS/c1-9-5-6-10(2)14-13(9)16(11(3)8-18-14)12(17)7-15-4/h5-6,11,15H,7-8H2,1-4H3. The molecule has 1 unspecified atom stereocenters. The van der Waals surface area contributed by atoms with Gasteiger partial charge in [0.2, 0.25) is 5.91 Å². The molecule has 0 saturated carbocycles. The minimum absolute atomic E-state index is 0.153. The molecule has 1 atom stereocenters. The summed E-state index contributed by atoms with van der Waals surface area (Å²) in [6.07, 6.45) is 0. The van der Waals surface area contributed by atoms with Gasteiger partial charge in [0.15, 0.2) is 0 Å². The van der Waals surface area contributed by atoms with E-state index >= 15 is 0 Å². The summed E-state index contributed by atoms with van der Waals surface area (Å²) in [5.74, 6) is 1.12. The third-order valence-electron chi connectivity index (χ3n) is 3.28. The molecule has 98 valence electrons. The van der Waals surface area contributed by atoms with Gasteiger partial charge in [-0.25, -0.2) is 0 Å². The van der Waals surface area contributed by atoms with Gasteiger partial charge in [-0.05, 0) is 38.9 Å². The summed E-state index contributed by atoms with van der Waals surface area (Å²) in [6.45, 7) is 6.70. The summed E-state index contributed by atoms with van der Waals surface area (Å²) in [6, 6.07) is 4.49. The largest absolute Gasteiger partial charge is 0.311 e. The fraction of sp³-hybridized carbons (Fsp3) is 0.500. The molecule has 3 nitrogen and oxygen atoms in total. The molecule has 0 fully saturated rings. The fourth-order valence-corrected chi connectivity index (χ4v) is 3.61. The van der Waals surface area contributed by atoms with E-state index in [2.05, 4.69) is 38.2 Å². The van der Waals surface area contributed by atoms with Crippen LogP contribution in [0.5, 0.6) is 0 Å². The number of nitrogens with one attached hydrogen (secondary N) is 1. The number of amides is 1. The molecule has 1 N–H and O–H groups in total. The number of benzene rings is 1. The van der Waals surface area contributed by atoms with Crippen LogP contribution in [-0.4, -0.2) is 31.3 Å². The van der Waals surface area contributed by atoms with Crippen LogP contribution in [0.4, 0.5) is 5.69 Å². The van der Waals surface area contributed by atoms with Gasteiger partial charge in [0, 0.05) is 16.7 Å². The second-order valence-electron chi connectivity index (χ2n) is 4.83. The van der Waals surface area contributed by atoms with E-state index in [1.807, 2.05) is 23.7 Å². The molecular formula is C14H20N2OS. The van der Waals surface area contributed by atoms with Crippen LogP contribution in [0.3, 0.4) is 0 Å². The van der Waals surface area contributed by atoms with Crippen LogP contribution in [0.1, 0.15) is 18.1 Å². The first-order valence-corrected chi connectivity index (χ1v) is 7.24. The molecule has 1 aromatic rings. The number of nitrogens with zero attached hydrogens (tertiary/aromatic N) is 1. The van der Waals surface area contributed by atoms with Gasteiger partial charge in [0.25, 0.3) is 0 Å². The highest BCUT2D eigenvalue weighted by molar-refractivity contribution is 7.99. The number of carbonyl (C=O) groups excluding carboxylic acids is 1. The summed E-state index contributed by atoms with van der Waals surface area (Å²) in [5.41, 5.74) is 3.55. The van der Waals surface area contributed by atoms with Crippen LogP contribution in [0, 0.1) is 13.8 Å². The van der Waals surface area contributed by atoms with Gasteiger partial charge < -0.3 is 10.2 Å². The number of fused-ring (bicyclic) bond motifs is 1. The van der Waals surface area contributed by atoms with Gasteiger partial charge in [-0.1, -0.05) is 12.1 Å². The zero-order valence-corrected chi connectivity index (χ0v) is 12.2. The summed E-state index contributed by atoms with van der Waals surface area (Å²) < 4.78 is 0. The van der Waals surface area contributed by atoms with E-state index < -0.39 is 0 Å². The predicted octanol–water partition coefficient (Wildman–Crippen LogP) is 2.35. The Labute approximate surface area is 113 Å². The Bertz CT molecular complexity index is 473. The Balaban J connectivity index is 2.50. The van der Waals surface area contributed by atoms with Gasteiger partial charge in [-0.3, -0.25) is 4.79 Å². The van der Waals surface area contributed by atoms with Crippen molar-refractivity contribution in [3.05, 3.63) is 23.3 Å². The van der Waals surface area contributed by atoms with Crippen molar-refractivity contribution in [1.29, 1.82) is 0 Å². The van der Waals surface area contributed by atoms with Crippen LogP contribution < -0.4 is 10.2 Å². The number of thioether (sulfide) groups is 1. The molecule has 1 heterocycles. The number of rotatable bonds is 2. The predicted molar refractivity (Wildman–Crippen MR) is 77.5 cm³/mol. The fourth-order valence-electron chi connectivity index (χ4n) is 2.36. The van der Waals surface area contributed by atoms with Gasteiger partial charge in [0.1, 0.15) is 0 Å². The van der Waals surface area contributed by atoms with Gasteiger partial charge >= 0.3 is 0 Å². The van der Waals surface area contributed by atoms with Crippen LogP contribution in [-0.2, 0) is 4.79 Å². The first-order valence-electron chi connectivity index (χ1n) is 6.26. The van der Waals surface area contributed by atoms with Crippen LogP contribution in [0.15, 0.2) is 17.0 Å². The van der Waals surface area contributed by atoms with Crippen molar-refractivity contribution in [1.82, 2.24) is 5.32 Å². The molecular weight excluding hydrogens is 244 g/mol. The summed E-state index contributed by atoms with van der Waals surface area (Å²) in [4.78, 5) is 15.5. The van der Waals surface area contributed by atoms with Crippen LogP contribution in [0.2, 0.25) is 0 Å². The minimum Gasteiger partial charge on any atom is -0.311 e. The van der Waals surface area contributed by atoms with Gasteiger partial charge in [-0.15, -0.1) is 11.8 Å². The van der Waals surface area contributed by atoms with E-state index in [1.54, 1.807) is 0 Å². The average molecular weight is 264 g/mol. The van der Waals surface area contributed by atoms with Crippen molar-refractivity contribution in [3.63, 3.8) is 0 Å². The zero-order valence-electron chi connectivity index (χ0n) is 11.4. The Morgan fingerprint density at radius 3 is 2.78 bits per heavy atom. The Morgan fingerprint density at radius 2 is 2.11 bits per heavy atom. The Kier molecular flexibility index (Phi) is 3.97. The molecule has 1 amide bonds. The molecule has 1 aromatic carbocycles. The highest BCUT2D eigenvalue weighted by atomic mass is 32.2. The van der Waals surface area contributed by atoms with Crippen LogP contribution in [0.25, 0.3) is 0 Å². The third kappa shape index (κ3) is 2.27. The zero-order chi connectivity index (χ0) is 13.3. The van der Waals surface area contributed by atoms with E-state index in [0.29, 0.717) is 6.54 Å². The highest BCUT2D eigenvalue weighted by Gasteiger charge is 2.30. The summed E-state index contributed by atoms with van der Waals surface area (Å²) >= 11 is 1.86. The lowest BCUT2D eigenvalue weighted by Gasteiger charge is -2.36. The number of hydrogen-bond acceptors (Lipinski definition) is 3. The number of likely N-dealkylation sites (N-methyl/N-ethyl adjacent to an activating group) is 1. The molecule has 0 aliphatic carbocycles. The minimum atomic E-state index is 0.153. The number of hydrogen-bond donors (Lipinski definition) is 1. The lowest BCUT2D eigenvalue weighted by molar-refractivity contribution is -0.118. The molecule has 2 rings (SSSR count). The lowest BCUT2D eigenvalue weighted by atomic mass is 10.1. The quantitative estimate of drug-likeness (QED) is 0.890. The van der Waals surface area contributed by atoms with Crippen molar-refractivity contribution >= 4 is 23.4 Å². The van der Waals surface area contributed by atoms with Crippen molar-refractivity contribution < 1.29 is 4.79 Å². The van der Waals surface area contributed by atoms with Gasteiger partial charge in [0.05, 0.1) is 12.2 Å². The summed E-state index contributed by atoms with van der Waals surface area (Å²) in [5, 5.41) is 2.95. The molecule has 0 radical (unpaired) electrons. The molecule has 1 aliphatic rings. The SMILES string of the molecule is CNCC(=O)N1c2c(C)ccc(C)c2SCC1C. The van der Waals surface area contributed by atoms with Crippen molar-refractivity contribution in [3.8, 4) is 0 Å². The number of anilines is 1. The first kappa shape index (κ1) is 13.4. The maximum atomic E-state index is 12.3. The second kappa shape index (κ2) is 5.33. The Hall–Kier alpha value is -1.00. The van der Waals surface area contributed by atoms with Crippen molar-refractivity contribution in [2.24, 2.45) is 0 Å². The van der Waals surface area contributed by atoms with Gasteiger partial charge in [-0.2, -0.15) is 0 Å². The topological polar surface area (TPSA) is 32.3 Å². The van der Waals surface area contributed by atoms with E-state index in [-0.39, 0.29) is 11.9 Å². The lowest BCUT2D eigenvalue weighted by Crippen LogP contribution is -2.46. The van der Waals surface area contributed by atoms with E-state index in [9.17, 15) is 4.79 Å². The second-order valence-corrected chi connectivity index (χ2v) is 5.86. The molecule has 0 aromatic heterocycles. The maximum Gasteiger partial charge on any atom is 0.241 e. The van der Waals surface area contributed by atoms with Crippen molar-refractivity contribution in [2.45, 2.75) is 31.7 Å². The normalized spacial score (nSPS) is 18.7. The van der Waals surface area contributed by atoms with E-state index in [4.69, 9.17) is 0 Å². The molecule has 0 bridgehead atoms. The number of carbonyl (C=O) groups is 1. The third-order valence-corrected chi connectivity index (χ3v) is 4.73. The number of aryl methyl sites for hydroxylation is 2. The van der Waals surface area contributed by atoms with E-state index in [0.717, 1.165) is 11.4 Å². The van der Waals surface area contributed by atoms with Crippen molar-refractivity contribution in [2.75, 3.05) is 24.2 Å². The maximum absolute atomic E-state index is 12.3. The van der Waals surface area contributed by atoms with Crippen LogP contribution >= 0.6 is 11.8 Å². The molecule has 0 saturated heterocycles. The molecule has 0 spiro atoms. The average Bonchev–Trinajstić information content (AvgIpc) is 2.34. The van der Waals surface area contributed by atoms with E-state index in [1.165, 1.54) is 16.0 Å². The monoisotopic (exact) mass is 264 g/mol. The molecule has 4 heteroatoms. The first-order chi connectivity index (χ1) is 8.56.